The van der Waals surface area contributed by atoms with E-state index in [1.54, 1.807) is 23.9 Å². The molecule has 0 saturated heterocycles. The van der Waals surface area contributed by atoms with Crippen LogP contribution in [0.1, 0.15) is 64.7 Å². The molecule has 0 spiro atoms. The molecule has 33 heavy (non-hydrogen) atoms. The van der Waals surface area contributed by atoms with Gasteiger partial charge in [-0.25, -0.2) is 0 Å². The molecule has 0 radical (unpaired) electrons. The minimum Gasteiger partial charge on any atom is -0.508 e. The number of hydrogen-bond donors (Lipinski definition) is 2. The Balaban J connectivity index is 2.04. The summed E-state index contributed by atoms with van der Waals surface area (Å²) in [6.07, 6.45) is 14.4. The molecule has 1 fully saturated rings. The fraction of sp³-hybridized carbons (Fsp3) is 0.556. The van der Waals surface area contributed by atoms with E-state index in [1.165, 1.54) is 7.11 Å². The van der Waals surface area contributed by atoms with E-state index in [1.807, 2.05) is 36.4 Å². The van der Waals surface area contributed by atoms with Crippen LogP contribution >= 0.6 is 11.8 Å². The number of methoxy groups -OCH3 is 1. The van der Waals surface area contributed by atoms with Gasteiger partial charge in [-0.15, -0.1) is 11.8 Å². The normalized spacial score (nSPS) is 21.8. The second-order valence-corrected chi connectivity index (χ2v) is 9.94. The maximum atomic E-state index is 12.9. The molecule has 0 amide bonds. The van der Waals surface area contributed by atoms with Crippen molar-refractivity contribution in [1.82, 2.24) is 0 Å². The molecule has 5 nitrogen and oxygen atoms in total. The van der Waals surface area contributed by atoms with Crippen molar-refractivity contribution < 1.29 is 24.5 Å². The van der Waals surface area contributed by atoms with Crippen LogP contribution in [-0.2, 0) is 14.3 Å². The number of phenolic OH excluding ortho intramolecular Hbond substituents is 1. The highest BCUT2D eigenvalue weighted by Gasteiger charge is 2.40. The summed E-state index contributed by atoms with van der Waals surface area (Å²) in [6, 6.07) is 7.13. The minimum absolute atomic E-state index is 0.0189. The molecule has 0 bridgehead atoms. The van der Waals surface area contributed by atoms with Crippen LogP contribution in [0.5, 0.6) is 5.75 Å². The number of rotatable bonds is 14. The number of unbranched alkanes of at least 4 members (excludes halogenated alkanes) is 3. The van der Waals surface area contributed by atoms with Gasteiger partial charge in [0.05, 0.1) is 13.2 Å². The zero-order chi connectivity index (χ0) is 24.1. The maximum absolute atomic E-state index is 12.9. The summed E-state index contributed by atoms with van der Waals surface area (Å²) in [5, 5.41) is 20.2. The average molecular weight is 475 g/mol. The van der Waals surface area contributed by atoms with Crippen LogP contribution in [-0.4, -0.2) is 40.4 Å². The van der Waals surface area contributed by atoms with Crippen molar-refractivity contribution in [3.05, 3.63) is 48.6 Å². The summed E-state index contributed by atoms with van der Waals surface area (Å²) in [6.45, 7) is 2.14. The standard InChI is InChI=1S/C27H38O5S/c1-3-4-7-11-20(28)16-17-24-23(14-8-5-6-9-15-27(31)32-2)25(30)19-26(24)33-22-13-10-12-21(29)18-22/h5,8,10,12-13,16-18,20,23-24,26,28-29H,3-4,6-7,9,11,14-15,19H2,1-2H3/b8-5-,17-16+/t20-,23+,24+,26?/m0/s1. The van der Waals surface area contributed by atoms with Gasteiger partial charge in [0.25, 0.3) is 0 Å². The molecule has 1 aromatic carbocycles. The quantitative estimate of drug-likeness (QED) is 0.200. The number of aliphatic hydroxyl groups excluding tert-OH is 1. The molecule has 2 N–H and O–H groups in total. The molecule has 1 aromatic rings. The maximum Gasteiger partial charge on any atom is 0.305 e. The summed E-state index contributed by atoms with van der Waals surface area (Å²) in [5.41, 5.74) is 0. The zero-order valence-corrected chi connectivity index (χ0v) is 20.6. The van der Waals surface area contributed by atoms with Gasteiger partial charge in [-0.2, -0.15) is 0 Å². The van der Waals surface area contributed by atoms with Gasteiger partial charge in [-0.05, 0) is 49.8 Å². The number of carbonyl (C=O) groups is 2. The molecule has 2 rings (SSSR count). The lowest BCUT2D eigenvalue weighted by molar-refractivity contribution is -0.140. The van der Waals surface area contributed by atoms with Gasteiger partial charge in [-0.3, -0.25) is 9.59 Å². The lowest BCUT2D eigenvalue weighted by atomic mass is 9.91. The van der Waals surface area contributed by atoms with E-state index in [0.717, 1.165) is 43.4 Å². The van der Waals surface area contributed by atoms with E-state index in [4.69, 9.17) is 0 Å². The van der Waals surface area contributed by atoms with Crippen LogP contribution < -0.4 is 0 Å². The van der Waals surface area contributed by atoms with Crippen molar-refractivity contribution in [3.63, 3.8) is 0 Å². The van der Waals surface area contributed by atoms with E-state index in [-0.39, 0.29) is 34.6 Å². The largest absolute Gasteiger partial charge is 0.508 e. The van der Waals surface area contributed by atoms with Gasteiger partial charge in [0.2, 0.25) is 0 Å². The Labute approximate surface area is 202 Å². The van der Waals surface area contributed by atoms with Crippen LogP contribution in [0.4, 0.5) is 0 Å². The third kappa shape index (κ3) is 9.76. The Morgan fingerprint density at radius 2 is 2.09 bits per heavy atom. The Hall–Kier alpha value is -2.05. The van der Waals surface area contributed by atoms with Gasteiger partial charge in [0.15, 0.2) is 0 Å². The van der Waals surface area contributed by atoms with E-state index >= 15 is 0 Å². The number of aliphatic hydroxyl groups is 1. The summed E-state index contributed by atoms with van der Waals surface area (Å²) in [7, 11) is 1.39. The number of allylic oxidation sites excluding steroid dienone is 3. The number of ether oxygens (including phenoxy) is 1. The third-order valence-electron chi connectivity index (χ3n) is 6.01. The Morgan fingerprint density at radius 3 is 2.82 bits per heavy atom. The molecular weight excluding hydrogens is 436 g/mol. The molecule has 0 heterocycles. The predicted molar refractivity (Wildman–Crippen MR) is 133 cm³/mol. The van der Waals surface area contributed by atoms with E-state index in [2.05, 4.69) is 11.7 Å². The van der Waals surface area contributed by atoms with E-state index < -0.39 is 6.10 Å². The number of aromatic hydroxyl groups is 1. The van der Waals surface area contributed by atoms with Gasteiger partial charge in [0.1, 0.15) is 11.5 Å². The summed E-state index contributed by atoms with van der Waals surface area (Å²) in [5.74, 6) is 0.140. The van der Waals surface area contributed by atoms with Crippen LogP contribution in [0.15, 0.2) is 53.5 Å². The molecule has 1 aliphatic carbocycles. The highest BCUT2D eigenvalue weighted by atomic mass is 32.2. The van der Waals surface area contributed by atoms with E-state index in [0.29, 0.717) is 19.3 Å². The Kier molecular flexibility index (Phi) is 12.3. The zero-order valence-electron chi connectivity index (χ0n) is 19.8. The molecule has 0 aliphatic heterocycles. The first kappa shape index (κ1) is 27.2. The SMILES string of the molecule is CCCCC[C@H](O)/C=C/[C@H]1C(Sc2cccc(O)c2)CC(=O)[C@@H]1C/C=C\CCCC(=O)OC. The fourth-order valence-corrected chi connectivity index (χ4v) is 5.52. The predicted octanol–water partition coefficient (Wildman–Crippen LogP) is 5.85. The summed E-state index contributed by atoms with van der Waals surface area (Å²) in [4.78, 5) is 25.1. The van der Waals surface area contributed by atoms with Crippen molar-refractivity contribution in [2.45, 2.75) is 81.0 Å². The van der Waals surface area contributed by atoms with E-state index in [9.17, 15) is 19.8 Å². The molecule has 1 saturated carbocycles. The number of benzene rings is 1. The fourth-order valence-electron chi connectivity index (χ4n) is 4.14. The van der Waals surface area contributed by atoms with Crippen LogP contribution in [0.3, 0.4) is 0 Å². The highest BCUT2D eigenvalue weighted by Crippen LogP contribution is 2.43. The Bertz CT molecular complexity index is 803. The minimum atomic E-state index is -0.492. The number of Topliss-reactive ketones (excluding diaryl/α,β-unsaturated/α-hetero) is 1. The Morgan fingerprint density at radius 1 is 1.27 bits per heavy atom. The van der Waals surface area contributed by atoms with Crippen molar-refractivity contribution in [1.29, 1.82) is 0 Å². The second kappa shape index (κ2) is 15.0. The topological polar surface area (TPSA) is 83.8 Å². The molecule has 0 aromatic heterocycles. The van der Waals surface area contributed by atoms with Crippen LogP contribution in [0, 0.1) is 11.8 Å². The number of carbonyl (C=O) groups excluding carboxylic acids is 2. The number of esters is 1. The first-order chi connectivity index (χ1) is 15.9. The van der Waals surface area contributed by atoms with Gasteiger partial charge in [0, 0.05) is 28.9 Å². The first-order valence-corrected chi connectivity index (χ1v) is 12.9. The summed E-state index contributed by atoms with van der Waals surface area (Å²) >= 11 is 1.62. The molecule has 6 heteroatoms. The lowest BCUT2D eigenvalue weighted by Gasteiger charge is -2.20. The number of ketones is 1. The van der Waals surface area contributed by atoms with Crippen molar-refractivity contribution in [3.8, 4) is 5.75 Å². The number of thioether (sulfide) groups is 1. The number of phenols is 1. The van der Waals surface area contributed by atoms with Crippen LogP contribution in [0.25, 0.3) is 0 Å². The highest BCUT2D eigenvalue weighted by molar-refractivity contribution is 8.00. The third-order valence-corrected chi connectivity index (χ3v) is 7.32. The molecule has 182 valence electrons. The van der Waals surface area contributed by atoms with Crippen molar-refractivity contribution in [2.24, 2.45) is 11.8 Å². The summed E-state index contributed by atoms with van der Waals surface area (Å²) < 4.78 is 4.66. The van der Waals surface area contributed by atoms with Gasteiger partial charge in [-0.1, -0.05) is 56.6 Å². The molecule has 1 unspecified atom stereocenters. The van der Waals surface area contributed by atoms with Crippen LogP contribution in [0.2, 0.25) is 0 Å². The van der Waals surface area contributed by atoms with Crippen molar-refractivity contribution in [2.75, 3.05) is 7.11 Å². The molecule has 1 aliphatic rings. The molecule has 4 atom stereocenters. The second-order valence-electron chi connectivity index (χ2n) is 8.63. The monoisotopic (exact) mass is 474 g/mol. The molecular formula is C27H38O5S. The lowest BCUT2D eigenvalue weighted by Crippen LogP contribution is -2.17. The van der Waals surface area contributed by atoms with Gasteiger partial charge < -0.3 is 14.9 Å². The smallest absolute Gasteiger partial charge is 0.305 e. The number of hydrogen-bond acceptors (Lipinski definition) is 6. The van der Waals surface area contributed by atoms with Crippen molar-refractivity contribution >= 4 is 23.5 Å². The average Bonchev–Trinajstić information content (AvgIpc) is 3.08. The first-order valence-electron chi connectivity index (χ1n) is 12.0. The van der Waals surface area contributed by atoms with Gasteiger partial charge >= 0.3 is 5.97 Å².